The first-order chi connectivity index (χ1) is 16.3. The summed E-state index contributed by atoms with van der Waals surface area (Å²) in [7, 11) is 0. The van der Waals surface area contributed by atoms with Crippen molar-refractivity contribution in [2.24, 2.45) is 0 Å². The summed E-state index contributed by atoms with van der Waals surface area (Å²) in [6.07, 6.45) is 2.95. The molecule has 11 heteroatoms. The fraction of sp³-hybridized carbons (Fsp3) is 0.435. The van der Waals surface area contributed by atoms with E-state index >= 15 is 0 Å². The predicted molar refractivity (Wildman–Crippen MR) is 120 cm³/mol. The van der Waals surface area contributed by atoms with Crippen molar-refractivity contribution in [2.75, 3.05) is 36.5 Å². The van der Waals surface area contributed by atoms with Crippen molar-refractivity contribution in [2.45, 2.75) is 37.5 Å². The molecule has 2 saturated heterocycles. The Bertz CT molecular complexity index is 1280. The second-order valence-electron chi connectivity index (χ2n) is 9.40. The molecule has 0 radical (unpaired) electrons. The van der Waals surface area contributed by atoms with E-state index in [-0.39, 0.29) is 31.1 Å². The smallest absolute Gasteiger partial charge is 0.261 e. The number of nitrogens with zero attached hydrogens (tertiary/aromatic N) is 5. The van der Waals surface area contributed by atoms with Gasteiger partial charge in [0, 0.05) is 49.6 Å². The van der Waals surface area contributed by atoms with E-state index in [1.807, 2.05) is 19.1 Å². The highest BCUT2D eigenvalue weighted by atomic mass is 19.3. The Hall–Kier alpha value is -3.31. The summed E-state index contributed by atoms with van der Waals surface area (Å²) < 4.78 is 33.2. The average Bonchev–Trinajstić information content (AvgIpc) is 3.37. The topological polar surface area (TPSA) is 95.2 Å². The van der Waals surface area contributed by atoms with Crippen molar-refractivity contribution >= 4 is 22.9 Å². The van der Waals surface area contributed by atoms with E-state index in [4.69, 9.17) is 4.74 Å². The number of carbonyl (C=O) groups is 1. The molecule has 2 aromatic heterocycles. The zero-order chi connectivity index (χ0) is 23.6. The van der Waals surface area contributed by atoms with Gasteiger partial charge < -0.3 is 20.1 Å². The number of aromatic nitrogens is 3. The number of amides is 1. The maximum atomic E-state index is 13.2. The van der Waals surface area contributed by atoms with Crippen molar-refractivity contribution in [3.8, 4) is 5.75 Å². The lowest BCUT2D eigenvalue weighted by Crippen LogP contribution is -2.79. The Morgan fingerprint density at radius 3 is 2.94 bits per heavy atom. The predicted octanol–water partition coefficient (Wildman–Crippen LogP) is 1.81. The molecule has 178 valence electrons. The number of nitrogens with one attached hydrogen (secondary N) is 1. The molecule has 1 unspecified atom stereocenters. The number of likely N-dealkylation sites (tertiary alicyclic amines) is 1. The van der Waals surface area contributed by atoms with Crippen LogP contribution in [0.15, 0.2) is 36.8 Å². The van der Waals surface area contributed by atoms with Gasteiger partial charge in [0.2, 0.25) is 0 Å². The Kier molecular flexibility index (Phi) is 4.75. The fourth-order valence-electron chi connectivity index (χ4n) is 5.16. The van der Waals surface area contributed by atoms with Gasteiger partial charge in [0.05, 0.1) is 36.8 Å². The van der Waals surface area contributed by atoms with E-state index in [0.29, 0.717) is 42.2 Å². The molecule has 3 aliphatic rings. The van der Waals surface area contributed by atoms with Gasteiger partial charge >= 0.3 is 0 Å². The number of ether oxygens (including phenoxy) is 1. The lowest BCUT2D eigenvalue weighted by atomic mass is 9.84. The normalized spacial score (nSPS) is 25.5. The lowest BCUT2D eigenvalue weighted by Gasteiger charge is -2.63. The molecule has 0 saturated carbocycles. The molecule has 0 spiro atoms. The van der Waals surface area contributed by atoms with Crippen LogP contribution in [-0.4, -0.2) is 80.9 Å². The first-order valence-corrected chi connectivity index (χ1v) is 11.2. The quantitative estimate of drug-likeness (QED) is 0.567. The second kappa shape index (κ2) is 7.60. The highest BCUT2D eigenvalue weighted by Crippen LogP contribution is 2.46. The largest absolute Gasteiger partial charge is 0.484 e. The standard InChI is InChI=1S/C23H24F2N6O3/c1-23(12-32)7-13-5-15(28-22(33)14-8-27-31-4-2-3-26-21(14)31)16(6-19(13)34-23)30-10-17-18(30)9-29(17)11-20(24)25/h2-6,8,17-18,20,32H,7,9-12H2,1H3,(H,28,33)/t17-,18?,23+/m0/s1. The van der Waals surface area contributed by atoms with Gasteiger partial charge in [0.25, 0.3) is 12.3 Å². The molecule has 0 aliphatic carbocycles. The number of carbonyl (C=O) groups excluding carboxylic acids is 1. The third kappa shape index (κ3) is 3.30. The number of alkyl halides is 2. The molecule has 34 heavy (non-hydrogen) atoms. The highest BCUT2D eigenvalue weighted by Gasteiger charge is 2.52. The van der Waals surface area contributed by atoms with Crippen LogP contribution < -0.4 is 15.0 Å². The molecule has 2 fully saturated rings. The summed E-state index contributed by atoms with van der Waals surface area (Å²) in [5, 5.41) is 17.0. The molecule has 3 aliphatic heterocycles. The van der Waals surface area contributed by atoms with E-state index in [0.717, 1.165) is 11.3 Å². The zero-order valence-corrected chi connectivity index (χ0v) is 18.5. The minimum atomic E-state index is -2.35. The number of halogens is 2. The van der Waals surface area contributed by atoms with Crippen LogP contribution in [-0.2, 0) is 6.42 Å². The zero-order valence-electron chi connectivity index (χ0n) is 18.5. The van der Waals surface area contributed by atoms with Crippen LogP contribution >= 0.6 is 0 Å². The molecule has 2 N–H and O–H groups in total. The van der Waals surface area contributed by atoms with E-state index < -0.39 is 12.0 Å². The van der Waals surface area contributed by atoms with Crippen LogP contribution in [0.4, 0.5) is 20.2 Å². The molecule has 5 heterocycles. The van der Waals surface area contributed by atoms with E-state index in [1.54, 1.807) is 23.4 Å². The second-order valence-corrected chi connectivity index (χ2v) is 9.40. The number of anilines is 2. The van der Waals surface area contributed by atoms with Crippen molar-refractivity contribution in [1.29, 1.82) is 0 Å². The molecule has 9 nitrogen and oxygen atoms in total. The van der Waals surface area contributed by atoms with Crippen LogP contribution in [0.5, 0.6) is 5.75 Å². The number of rotatable bonds is 6. The van der Waals surface area contributed by atoms with Gasteiger partial charge in [-0.1, -0.05) is 0 Å². The van der Waals surface area contributed by atoms with Crippen LogP contribution in [0.3, 0.4) is 0 Å². The van der Waals surface area contributed by atoms with Crippen LogP contribution in [0.1, 0.15) is 22.8 Å². The minimum absolute atomic E-state index is 0.0817. The SMILES string of the molecule is C[C@]1(CO)Cc2cc(NC(=O)c3cnn4cccnc34)c(N3C[C@H]4C3CN4CC(F)F)cc2O1. The summed E-state index contributed by atoms with van der Waals surface area (Å²) in [5.41, 5.74) is 2.34. The number of fused-ring (bicyclic) bond motifs is 3. The number of piperazine rings is 1. The van der Waals surface area contributed by atoms with Gasteiger partial charge in [-0.2, -0.15) is 5.10 Å². The maximum absolute atomic E-state index is 13.2. The summed E-state index contributed by atoms with van der Waals surface area (Å²) in [5.74, 6) is 0.318. The van der Waals surface area contributed by atoms with E-state index in [2.05, 4.69) is 20.3 Å². The van der Waals surface area contributed by atoms with Crippen molar-refractivity contribution < 1.29 is 23.4 Å². The third-order valence-electron chi connectivity index (χ3n) is 7.01. The molecular formula is C23H24F2N6O3. The molecule has 3 aromatic rings. The molecule has 0 bridgehead atoms. The van der Waals surface area contributed by atoms with Gasteiger partial charge in [-0.25, -0.2) is 18.3 Å². The highest BCUT2D eigenvalue weighted by molar-refractivity contribution is 6.09. The van der Waals surface area contributed by atoms with Gasteiger partial charge in [0.15, 0.2) is 5.65 Å². The Balaban J connectivity index is 1.31. The number of hydrogen-bond acceptors (Lipinski definition) is 7. The Morgan fingerprint density at radius 1 is 1.35 bits per heavy atom. The minimum Gasteiger partial charge on any atom is -0.484 e. The summed E-state index contributed by atoms with van der Waals surface area (Å²) in [4.78, 5) is 21.4. The van der Waals surface area contributed by atoms with Gasteiger partial charge in [-0.3, -0.25) is 9.69 Å². The van der Waals surface area contributed by atoms with Crippen molar-refractivity contribution in [3.63, 3.8) is 0 Å². The molecule has 6 rings (SSSR count). The van der Waals surface area contributed by atoms with Crippen molar-refractivity contribution in [1.82, 2.24) is 19.5 Å². The summed E-state index contributed by atoms with van der Waals surface area (Å²) in [6, 6.07) is 5.68. The van der Waals surface area contributed by atoms with E-state index in [1.165, 1.54) is 10.7 Å². The molecule has 1 amide bonds. The van der Waals surface area contributed by atoms with Crippen LogP contribution in [0.25, 0.3) is 5.65 Å². The number of aliphatic hydroxyl groups excluding tert-OH is 1. The van der Waals surface area contributed by atoms with Gasteiger partial charge in [-0.15, -0.1) is 0 Å². The van der Waals surface area contributed by atoms with Crippen LogP contribution in [0, 0.1) is 0 Å². The fourth-order valence-corrected chi connectivity index (χ4v) is 5.16. The van der Waals surface area contributed by atoms with E-state index in [9.17, 15) is 18.7 Å². The first kappa shape index (κ1) is 21.2. The number of benzene rings is 1. The molecule has 1 aromatic carbocycles. The Morgan fingerprint density at radius 2 is 2.21 bits per heavy atom. The van der Waals surface area contributed by atoms with Crippen LogP contribution in [0.2, 0.25) is 0 Å². The molecular weight excluding hydrogens is 446 g/mol. The van der Waals surface area contributed by atoms with Gasteiger partial charge in [0.1, 0.15) is 16.9 Å². The lowest BCUT2D eigenvalue weighted by molar-refractivity contribution is -0.0309. The first-order valence-electron chi connectivity index (χ1n) is 11.2. The summed E-state index contributed by atoms with van der Waals surface area (Å²) in [6.45, 7) is 2.62. The number of hydrogen-bond donors (Lipinski definition) is 2. The number of aliphatic hydroxyl groups is 1. The Labute approximate surface area is 193 Å². The molecule has 3 atom stereocenters. The van der Waals surface area contributed by atoms with Gasteiger partial charge in [-0.05, 0) is 19.1 Å². The third-order valence-corrected chi connectivity index (χ3v) is 7.01. The van der Waals surface area contributed by atoms with Crippen molar-refractivity contribution in [3.05, 3.63) is 47.9 Å². The monoisotopic (exact) mass is 470 g/mol. The average molecular weight is 470 g/mol. The summed E-state index contributed by atoms with van der Waals surface area (Å²) >= 11 is 0. The maximum Gasteiger partial charge on any atom is 0.261 e.